The molecule has 5 unspecified atom stereocenters. The summed E-state index contributed by atoms with van der Waals surface area (Å²) in [5, 5.41) is 0. The van der Waals surface area contributed by atoms with Crippen molar-refractivity contribution < 1.29 is 28.6 Å². The SMILES string of the molecule is C=C(C)C(=O)OCC(=O)OC1C2CC3C1OC(=O)C3(C)C2. The van der Waals surface area contributed by atoms with E-state index < -0.39 is 30.1 Å². The number of carbonyl (C=O) groups is 3. The van der Waals surface area contributed by atoms with E-state index >= 15 is 0 Å². The summed E-state index contributed by atoms with van der Waals surface area (Å²) in [6.07, 6.45) is 0.778. The topological polar surface area (TPSA) is 78.9 Å². The van der Waals surface area contributed by atoms with Crippen molar-refractivity contribution in [2.45, 2.75) is 38.9 Å². The predicted molar refractivity (Wildman–Crippen MR) is 69.9 cm³/mol. The second kappa shape index (κ2) is 4.58. The highest BCUT2D eigenvalue weighted by Crippen LogP contribution is 2.62. The number of hydrogen-bond acceptors (Lipinski definition) is 6. The van der Waals surface area contributed by atoms with Gasteiger partial charge in [-0.2, -0.15) is 0 Å². The summed E-state index contributed by atoms with van der Waals surface area (Å²) in [6.45, 7) is 6.41. The summed E-state index contributed by atoms with van der Waals surface area (Å²) in [5.74, 6) is -1.15. The van der Waals surface area contributed by atoms with Crippen LogP contribution in [0.1, 0.15) is 26.7 Å². The maximum Gasteiger partial charge on any atom is 0.344 e. The fraction of sp³-hybridized carbons (Fsp3) is 0.667. The zero-order valence-corrected chi connectivity index (χ0v) is 12.1. The molecule has 0 aromatic carbocycles. The molecule has 5 atom stereocenters. The molecule has 1 aliphatic heterocycles. The Morgan fingerprint density at radius 1 is 1.48 bits per heavy atom. The van der Waals surface area contributed by atoms with Crippen LogP contribution >= 0.6 is 0 Å². The minimum atomic E-state index is -0.625. The first-order valence-corrected chi connectivity index (χ1v) is 7.06. The maximum atomic E-state index is 11.9. The molecular weight excluding hydrogens is 276 g/mol. The van der Waals surface area contributed by atoms with Gasteiger partial charge in [0.1, 0.15) is 12.2 Å². The number of rotatable bonds is 4. The second-order valence-corrected chi connectivity index (χ2v) is 6.40. The van der Waals surface area contributed by atoms with E-state index in [1.165, 1.54) is 6.92 Å². The third kappa shape index (κ3) is 2.04. The largest absolute Gasteiger partial charge is 0.458 e. The molecule has 0 N–H and O–H groups in total. The average molecular weight is 294 g/mol. The van der Waals surface area contributed by atoms with Gasteiger partial charge in [0.2, 0.25) is 0 Å². The quantitative estimate of drug-likeness (QED) is 0.437. The minimum absolute atomic E-state index is 0.130. The number of esters is 3. The van der Waals surface area contributed by atoms with E-state index in [4.69, 9.17) is 14.2 Å². The maximum absolute atomic E-state index is 11.9. The summed E-state index contributed by atoms with van der Waals surface area (Å²) in [4.78, 5) is 34.9. The fourth-order valence-corrected chi connectivity index (χ4v) is 3.85. The van der Waals surface area contributed by atoms with Gasteiger partial charge in [0, 0.05) is 17.4 Å². The smallest absolute Gasteiger partial charge is 0.344 e. The standard InChI is InChI=1S/C15H18O6/c1-7(2)13(17)19-6-10(16)20-11-8-4-9-12(11)21-14(18)15(9,3)5-8/h8-9,11-12H,1,4-6H2,2-3H3. The molecule has 0 amide bonds. The third-order valence-electron chi connectivity index (χ3n) is 4.89. The number of fused-ring (bicyclic) bond motifs is 1. The van der Waals surface area contributed by atoms with Crippen molar-refractivity contribution in [1.29, 1.82) is 0 Å². The Balaban J connectivity index is 1.58. The van der Waals surface area contributed by atoms with Gasteiger partial charge in [-0.3, -0.25) is 4.79 Å². The molecule has 3 fully saturated rings. The van der Waals surface area contributed by atoms with Crippen LogP contribution in [0.4, 0.5) is 0 Å². The molecule has 3 rings (SSSR count). The van der Waals surface area contributed by atoms with Crippen molar-refractivity contribution in [1.82, 2.24) is 0 Å². The first kappa shape index (κ1) is 14.1. The Hall–Kier alpha value is -1.85. The lowest BCUT2D eigenvalue weighted by Gasteiger charge is -2.29. The van der Waals surface area contributed by atoms with Crippen molar-refractivity contribution in [2.24, 2.45) is 17.3 Å². The molecule has 6 heteroatoms. The van der Waals surface area contributed by atoms with Gasteiger partial charge in [0.05, 0.1) is 5.41 Å². The molecule has 2 bridgehead atoms. The highest BCUT2D eigenvalue weighted by Gasteiger charge is 2.69. The summed E-state index contributed by atoms with van der Waals surface area (Å²) in [6, 6.07) is 0. The Kier molecular flexibility index (Phi) is 3.07. The van der Waals surface area contributed by atoms with E-state index in [9.17, 15) is 14.4 Å². The van der Waals surface area contributed by atoms with Gasteiger partial charge in [0.15, 0.2) is 6.61 Å². The summed E-state index contributed by atoms with van der Waals surface area (Å²) in [7, 11) is 0. The zero-order chi connectivity index (χ0) is 15.4. The third-order valence-corrected chi connectivity index (χ3v) is 4.89. The van der Waals surface area contributed by atoms with Crippen molar-refractivity contribution in [3.8, 4) is 0 Å². The van der Waals surface area contributed by atoms with E-state index in [-0.39, 0.29) is 29.5 Å². The summed E-state index contributed by atoms with van der Waals surface area (Å²) >= 11 is 0. The summed E-state index contributed by atoms with van der Waals surface area (Å²) < 4.78 is 15.5. The van der Waals surface area contributed by atoms with Crippen molar-refractivity contribution in [2.75, 3.05) is 6.61 Å². The van der Waals surface area contributed by atoms with Gasteiger partial charge < -0.3 is 14.2 Å². The second-order valence-electron chi connectivity index (χ2n) is 6.40. The van der Waals surface area contributed by atoms with Crippen LogP contribution < -0.4 is 0 Å². The zero-order valence-electron chi connectivity index (χ0n) is 12.1. The van der Waals surface area contributed by atoms with E-state index in [0.29, 0.717) is 6.42 Å². The molecule has 21 heavy (non-hydrogen) atoms. The molecule has 1 heterocycles. The lowest BCUT2D eigenvalue weighted by Crippen LogP contribution is -2.39. The van der Waals surface area contributed by atoms with E-state index in [0.717, 1.165) is 6.42 Å². The van der Waals surface area contributed by atoms with Gasteiger partial charge in [0.25, 0.3) is 0 Å². The number of ether oxygens (including phenoxy) is 3. The molecule has 0 aromatic heterocycles. The highest BCUT2D eigenvalue weighted by atomic mass is 16.6. The molecule has 6 nitrogen and oxygen atoms in total. The van der Waals surface area contributed by atoms with E-state index in [2.05, 4.69) is 6.58 Å². The van der Waals surface area contributed by atoms with Gasteiger partial charge >= 0.3 is 17.9 Å². The summed E-state index contributed by atoms with van der Waals surface area (Å²) in [5.41, 5.74) is -0.187. The molecule has 0 aromatic rings. The molecule has 114 valence electrons. The van der Waals surface area contributed by atoms with Crippen molar-refractivity contribution in [3.05, 3.63) is 12.2 Å². The molecule has 0 radical (unpaired) electrons. The molecule has 2 saturated carbocycles. The van der Waals surface area contributed by atoms with E-state index in [1.807, 2.05) is 6.92 Å². The van der Waals surface area contributed by atoms with Crippen LogP contribution in [-0.4, -0.2) is 36.7 Å². The van der Waals surface area contributed by atoms with Gasteiger partial charge in [-0.05, 0) is 26.7 Å². The lowest BCUT2D eigenvalue weighted by atomic mass is 9.75. The highest BCUT2D eigenvalue weighted by molar-refractivity contribution is 5.88. The van der Waals surface area contributed by atoms with Crippen LogP contribution in [0.5, 0.6) is 0 Å². The van der Waals surface area contributed by atoms with Crippen LogP contribution in [0.2, 0.25) is 0 Å². The number of carbonyl (C=O) groups excluding carboxylic acids is 3. The Labute approximate surface area is 122 Å². The van der Waals surface area contributed by atoms with E-state index in [1.54, 1.807) is 0 Å². The fourth-order valence-electron chi connectivity index (χ4n) is 3.85. The van der Waals surface area contributed by atoms with Crippen molar-refractivity contribution >= 4 is 17.9 Å². The van der Waals surface area contributed by atoms with Crippen LogP contribution in [0.25, 0.3) is 0 Å². The first-order valence-electron chi connectivity index (χ1n) is 7.06. The van der Waals surface area contributed by atoms with Gasteiger partial charge in [-0.1, -0.05) is 6.58 Å². The normalized spacial score (nSPS) is 39.0. The average Bonchev–Trinajstić information content (AvgIpc) is 2.97. The van der Waals surface area contributed by atoms with Crippen LogP contribution in [0, 0.1) is 17.3 Å². The molecule has 1 saturated heterocycles. The Bertz CT molecular complexity index is 538. The van der Waals surface area contributed by atoms with Crippen LogP contribution in [0.3, 0.4) is 0 Å². The van der Waals surface area contributed by atoms with Gasteiger partial charge in [-0.15, -0.1) is 0 Å². The van der Waals surface area contributed by atoms with Gasteiger partial charge in [-0.25, -0.2) is 9.59 Å². The predicted octanol–water partition coefficient (Wildman–Crippen LogP) is 0.989. The first-order chi connectivity index (χ1) is 9.83. The van der Waals surface area contributed by atoms with Crippen LogP contribution in [-0.2, 0) is 28.6 Å². The molecule has 2 aliphatic carbocycles. The monoisotopic (exact) mass is 294 g/mol. The molecule has 0 spiro atoms. The molecular formula is C15H18O6. The minimum Gasteiger partial charge on any atom is -0.458 e. The molecule has 3 aliphatic rings. The number of hydrogen-bond donors (Lipinski definition) is 0. The Morgan fingerprint density at radius 2 is 2.19 bits per heavy atom. The Morgan fingerprint density at radius 3 is 2.86 bits per heavy atom. The van der Waals surface area contributed by atoms with Crippen molar-refractivity contribution in [3.63, 3.8) is 0 Å². The lowest BCUT2D eigenvalue weighted by molar-refractivity contribution is -0.168. The van der Waals surface area contributed by atoms with Crippen LogP contribution in [0.15, 0.2) is 12.2 Å².